The van der Waals surface area contributed by atoms with Gasteiger partial charge < -0.3 is 10.4 Å². The maximum atomic E-state index is 13.0. The van der Waals surface area contributed by atoms with Crippen LogP contribution < -0.4 is 5.32 Å². The van der Waals surface area contributed by atoms with Crippen molar-refractivity contribution in [3.05, 3.63) is 35.6 Å². The first-order chi connectivity index (χ1) is 8.65. The van der Waals surface area contributed by atoms with Gasteiger partial charge in [-0.15, -0.1) is 0 Å². The molecule has 0 bridgehead atoms. The number of aliphatic hydroxyl groups is 1. The summed E-state index contributed by atoms with van der Waals surface area (Å²) in [6.45, 7) is 2.78. The summed E-state index contributed by atoms with van der Waals surface area (Å²) in [4.78, 5) is 0. The molecule has 100 valence electrons. The minimum atomic E-state index is -0.627. The Morgan fingerprint density at radius 2 is 2.28 bits per heavy atom. The van der Waals surface area contributed by atoms with Gasteiger partial charge in [-0.2, -0.15) is 0 Å². The van der Waals surface area contributed by atoms with E-state index in [0.29, 0.717) is 18.2 Å². The minimum absolute atomic E-state index is 0.294. The van der Waals surface area contributed by atoms with Gasteiger partial charge in [0.2, 0.25) is 0 Å². The number of benzene rings is 1. The SMILES string of the molecule is CC1CCCC(NCC(O)c2cccc(F)c2)C1. The van der Waals surface area contributed by atoms with E-state index in [4.69, 9.17) is 0 Å². The molecule has 3 heteroatoms. The highest BCUT2D eigenvalue weighted by molar-refractivity contribution is 5.18. The molecule has 1 aliphatic carbocycles. The molecule has 18 heavy (non-hydrogen) atoms. The van der Waals surface area contributed by atoms with Crippen molar-refractivity contribution in [2.75, 3.05) is 6.54 Å². The van der Waals surface area contributed by atoms with Gasteiger partial charge in [0, 0.05) is 12.6 Å². The molecule has 2 nitrogen and oxygen atoms in total. The molecule has 1 fully saturated rings. The molecule has 2 N–H and O–H groups in total. The Morgan fingerprint density at radius 1 is 1.44 bits per heavy atom. The van der Waals surface area contributed by atoms with Crippen molar-refractivity contribution in [3.8, 4) is 0 Å². The quantitative estimate of drug-likeness (QED) is 0.862. The normalized spacial score (nSPS) is 25.9. The van der Waals surface area contributed by atoms with Crippen molar-refractivity contribution in [2.45, 2.75) is 44.8 Å². The second-order valence-corrected chi connectivity index (χ2v) is 5.45. The van der Waals surface area contributed by atoms with Crippen LogP contribution in [0.15, 0.2) is 24.3 Å². The standard InChI is InChI=1S/C15H22FNO/c1-11-4-2-7-14(8-11)17-10-15(18)12-5-3-6-13(16)9-12/h3,5-6,9,11,14-15,17-18H,2,4,7-8,10H2,1H3. The lowest BCUT2D eigenvalue weighted by Crippen LogP contribution is -2.36. The lowest BCUT2D eigenvalue weighted by molar-refractivity contribution is 0.161. The zero-order valence-corrected chi connectivity index (χ0v) is 10.9. The summed E-state index contributed by atoms with van der Waals surface area (Å²) in [7, 11) is 0. The average Bonchev–Trinajstić information content (AvgIpc) is 2.36. The Hall–Kier alpha value is -0.930. The highest BCUT2D eigenvalue weighted by Crippen LogP contribution is 2.24. The average molecular weight is 251 g/mol. The van der Waals surface area contributed by atoms with Crippen molar-refractivity contribution >= 4 is 0 Å². The first-order valence-electron chi connectivity index (χ1n) is 6.82. The number of hydrogen-bond acceptors (Lipinski definition) is 2. The molecule has 2 rings (SSSR count). The summed E-state index contributed by atoms with van der Waals surface area (Å²) in [5.41, 5.74) is 0.645. The number of nitrogens with one attached hydrogen (secondary N) is 1. The van der Waals surface area contributed by atoms with Gasteiger partial charge in [-0.25, -0.2) is 4.39 Å². The highest BCUT2D eigenvalue weighted by Gasteiger charge is 2.19. The Bertz CT molecular complexity index is 383. The van der Waals surface area contributed by atoms with Crippen molar-refractivity contribution in [1.82, 2.24) is 5.32 Å². The van der Waals surface area contributed by atoms with E-state index in [0.717, 1.165) is 5.92 Å². The minimum Gasteiger partial charge on any atom is -0.387 e. The monoisotopic (exact) mass is 251 g/mol. The first-order valence-corrected chi connectivity index (χ1v) is 6.82. The molecule has 0 amide bonds. The largest absolute Gasteiger partial charge is 0.387 e. The fraction of sp³-hybridized carbons (Fsp3) is 0.600. The molecule has 3 atom stereocenters. The van der Waals surface area contributed by atoms with Crippen LogP contribution in [0.25, 0.3) is 0 Å². The summed E-state index contributed by atoms with van der Waals surface area (Å²) < 4.78 is 13.0. The van der Waals surface area contributed by atoms with Gasteiger partial charge in [0.25, 0.3) is 0 Å². The Kier molecular flexibility index (Phi) is 4.72. The summed E-state index contributed by atoms with van der Waals surface area (Å²) in [5, 5.41) is 13.4. The molecule has 0 radical (unpaired) electrons. The molecule has 1 aromatic carbocycles. The van der Waals surface area contributed by atoms with Crippen LogP contribution in [0.3, 0.4) is 0 Å². The van der Waals surface area contributed by atoms with E-state index in [9.17, 15) is 9.50 Å². The summed E-state index contributed by atoms with van der Waals surface area (Å²) in [6.07, 6.45) is 4.30. The van der Waals surface area contributed by atoms with Crippen LogP contribution in [0.2, 0.25) is 0 Å². The molecule has 1 saturated carbocycles. The van der Waals surface area contributed by atoms with Crippen LogP contribution in [0, 0.1) is 11.7 Å². The topological polar surface area (TPSA) is 32.3 Å². The molecular weight excluding hydrogens is 229 g/mol. The second-order valence-electron chi connectivity index (χ2n) is 5.45. The molecule has 0 aromatic heterocycles. The van der Waals surface area contributed by atoms with Gasteiger partial charge in [-0.05, 0) is 36.5 Å². The van der Waals surface area contributed by atoms with Gasteiger partial charge in [-0.1, -0.05) is 31.9 Å². The first kappa shape index (κ1) is 13.5. The van der Waals surface area contributed by atoms with Gasteiger partial charge in [0.15, 0.2) is 0 Å². The van der Waals surface area contributed by atoms with Gasteiger partial charge in [0.1, 0.15) is 5.82 Å². The third-order valence-electron chi connectivity index (χ3n) is 3.77. The van der Waals surface area contributed by atoms with E-state index >= 15 is 0 Å². The molecule has 3 unspecified atom stereocenters. The van der Waals surface area contributed by atoms with E-state index < -0.39 is 6.10 Å². The van der Waals surface area contributed by atoms with Crippen LogP contribution in [-0.2, 0) is 0 Å². The molecule has 0 saturated heterocycles. The number of hydrogen-bond donors (Lipinski definition) is 2. The van der Waals surface area contributed by atoms with Crippen molar-refractivity contribution in [1.29, 1.82) is 0 Å². The van der Waals surface area contributed by atoms with Gasteiger partial charge >= 0.3 is 0 Å². The van der Waals surface area contributed by atoms with Crippen LogP contribution in [0.4, 0.5) is 4.39 Å². The lowest BCUT2D eigenvalue weighted by atomic mass is 9.87. The Labute approximate surface area is 108 Å². The molecule has 0 heterocycles. The highest BCUT2D eigenvalue weighted by atomic mass is 19.1. The predicted octanol–water partition coefficient (Wildman–Crippen LogP) is 3.03. The maximum Gasteiger partial charge on any atom is 0.123 e. The smallest absolute Gasteiger partial charge is 0.123 e. The molecule has 1 aliphatic rings. The predicted molar refractivity (Wildman–Crippen MR) is 70.8 cm³/mol. The number of rotatable bonds is 4. The van der Waals surface area contributed by atoms with Crippen molar-refractivity contribution < 1.29 is 9.50 Å². The van der Waals surface area contributed by atoms with Gasteiger partial charge in [0.05, 0.1) is 6.10 Å². The maximum absolute atomic E-state index is 13.0. The van der Waals surface area contributed by atoms with Crippen molar-refractivity contribution in [2.24, 2.45) is 5.92 Å². The molecule has 1 aromatic rings. The summed E-state index contributed by atoms with van der Waals surface area (Å²) in [6, 6.07) is 6.69. The lowest BCUT2D eigenvalue weighted by Gasteiger charge is -2.28. The second kappa shape index (κ2) is 6.30. The summed E-state index contributed by atoms with van der Waals surface area (Å²) in [5.74, 6) is 0.473. The van der Waals surface area contributed by atoms with E-state index in [-0.39, 0.29) is 5.82 Å². The van der Waals surface area contributed by atoms with E-state index in [1.165, 1.54) is 37.8 Å². The number of aliphatic hydroxyl groups excluding tert-OH is 1. The van der Waals surface area contributed by atoms with E-state index in [1.807, 2.05) is 0 Å². The van der Waals surface area contributed by atoms with Crippen molar-refractivity contribution in [3.63, 3.8) is 0 Å². The summed E-state index contributed by atoms with van der Waals surface area (Å²) >= 11 is 0. The number of halogens is 1. The van der Waals surface area contributed by atoms with Crippen LogP contribution in [-0.4, -0.2) is 17.7 Å². The third-order valence-corrected chi connectivity index (χ3v) is 3.77. The van der Waals surface area contributed by atoms with Crippen LogP contribution >= 0.6 is 0 Å². The Balaban J connectivity index is 1.82. The zero-order chi connectivity index (χ0) is 13.0. The molecule has 0 spiro atoms. The van der Waals surface area contributed by atoms with E-state index in [1.54, 1.807) is 12.1 Å². The molecule has 0 aliphatic heterocycles. The third kappa shape index (κ3) is 3.79. The fourth-order valence-corrected chi connectivity index (χ4v) is 2.73. The fourth-order valence-electron chi connectivity index (χ4n) is 2.73. The zero-order valence-electron chi connectivity index (χ0n) is 10.9. The van der Waals surface area contributed by atoms with Crippen LogP contribution in [0.1, 0.15) is 44.3 Å². The van der Waals surface area contributed by atoms with E-state index in [2.05, 4.69) is 12.2 Å². The van der Waals surface area contributed by atoms with Crippen LogP contribution in [0.5, 0.6) is 0 Å². The molecular formula is C15H22FNO. The van der Waals surface area contributed by atoms with Gasteiger partial charge in [-0.3, -0.25) is 0 Å². The Morgan fingerprint density at radius 3 is 3.00 bits per heavy atom.